The van der Waals surface area contributed by atoms with Gasteiger partial charge in [-0.15, -0.1) is 0 Å². The predicted octanol–water partition coefficient (Wildman–Crippen LogP) is 3.52. The predicted molar refractivity (Wildman–Crippen MR) is 104 cm³/mol. The lowest BCUT2D eigenvalue weighted by molar-refractivity contribution is 0.102. The zero-order valence-electron chi connectivity index (χ0n) is 15.2. The molecule has 0 unspecified atom stereocenters. The van der Waals surface area contributed by atoms with Crippen molar-refractivity contribution in [2.75, 3.05) is 10.6 Å². The number of benzene rings is 1. The van der Waals surface area contributed by atoms with Gasteiger partial charge in [0.15, 0.2) is 0 Å². The Morgan fingerprint density at radius 1 is 1.07 bits per heavy atom. The molecular weight excluding hydrogens is 342 g/mol. The van der Waals surface area contributed by atoms with E-state index in [-0.39, 0.29) is 12.0 Å². The van der Waals surface area contributed by atoms with Gasteiger partial charge in [-0.25, -0.2) is 9.97 Å². The quantitative estimate of drug-likeness (QED) is 0.668. The summed E-state index contributed by atoms with van der Waals surface area (Å²) in [6.07, 6.45) is 6.58. The van der Waals surface area contributed by atoms with E-state index in [1.54, 1.807) is 24.5 Å². The Labute approximate surface area is 157 Å². The fraction of sp³-hybridized carbons (Fsp3) is 0.200. The number of pyridine rings is 1. The topological polar surface area (TPSA) is 89.0 Å². The maximum absolute atomic E-state index is 12.3. The van der Waals surface area contributed by atoms with Gasteiger partial charge in [-0.2, -0.15) is 0 Å². The van der Waals surface area contributed by atoms with Crippen LogP contribution in [-0.4, -0.2) is 27.0 Å². The third-order valence-corrected chi connectivity index (χ3v) is 3.57. The first-order valence-electron chi connectivity index (χ1n) is 8.63. The summed E-state index contributed by atoms with van der Waals surface area (Å²) in [5, 5.41) is 5.90. The van der Waals surface area contributed by atoms with E-state index in [1.165, 1.54) is 12.4 Å². The number of rotatable bonds is 7. The zero-order chi connectivity index (χ0) is 19.1. The van der Waals surface area contributed by atoms with Crippen LogP contribution in [0, 0.1) is 0 Å². The summed E-state index contributed by atoms with van der Waals surface area (Å²) in [6, 6.07) is 11.0. The standard InChI is InChI=1S/C20H21N5O2/c1-14(2)27-18-7-5-17(6-8-18)25-19(26)16-12-23-20(24-13-16)22-11-15-4-3-9-21-10-15/h3-10,12-14H,11H2,1-2H3,(H,25,26)(H,22,23,24). The van der Waals surface area contributed by atoms with Crippen LogP contribution in [0.15, 0.2) is 61.2 Å². The van der Waals surface area contributed by atoms with Crippen LogP contribution in [0.2, 0.25) is 0 Å². The minimum absolute atomic E-state index is 0.105. The molecule has 0 fully saturated rings. The summed E-state index contributed by atoms with van der Waals surface area (Å²) in [7, 11) is 0. The molecule has 0 saturated carbocycles. The van der Waals surface area contributed by atoms with Crippen LogP contribution >= 0.6 is 0 Å². The number of carbonyl (C=O) groups is 1. The third kappa shape index (κ3) is 5.50. The largest absolute Gasteiger partial charge is 0.491 e. The molecule has 0 radical (unpaired) electrons. The fourth-order valence-electron chi connectivity index (χ4n) is 2.31. The van der Waals surface area contributed by atoms with Crippen molar-refractivity contribution < 1.29 is 9.53 Å². The highest BCUT2D eigenvalue weighted by molar-refractivity contribution is 6.03. The highest BCUT2D eigenvalue weighted by atomic mass is 16.5. The Morgan fingerprint density at radius 2 is 1.81 bits per heavy atom. The minimum Gasteiger partial charge on any atom is -0.491 e. The molecule has 0 saturated heterocycles. The number of aromatic nitrogens is 3. The summed E-state index contributed by atoms with van der Waals surface area (Å²) in [6.45, 7) is 4.49. The molecule has 0 atom stereocenters. The number of anilines is 2. The Hall–Kier alpha value is -3.48. The van der Waals surface area contributed by atoms with Crippen molar-refractivity contribution in [1.29, 1.82) is 0 Å². The monoisotopic (exact) mass is 363 g/mol. The van der Waals surface area contributed by atoms with Crippen LogP contribution in [-0.2, 0) is 6.54 Å². The Morgan fingerprint density at radius 3 is 2.44 bits per heavy atom. The Kier molecular flexibility index (Phi) is 5.94. The van der Waals surface area contributed by atoms with Gasteiger partial charge in [0.1, 0.15) is 5.75 Å². The normalized spacial score (nSPS) is 10.5. The van der Waals surface area contributed by atoms with E-state index in [0.717, 1.165) is 11.3 Å². The summed E-state index contributed by atoms with van der Waals surface area (Å²) < 4.78 is 5.58. The van der Waals surface area contributed by atoms with Crippen LogP contribution in [0.3, 0.4) is 0 Å². The summed E-state index contributed by atoms with van der Waals surface area (Å²) >= 11 is 0. The molecule has 0 aliphatic carbocycles. The van der Waals surface area contributed by atoms with E-state index >= 15 is 0 Å². The van der Waals surface area contributed by atoms with Crippen LogP contribution in [0.5, 0.6) is 5.75 Å². The van der Waals surface area contributed by atoms with Gasteiger partial charge in [-0.3, -0.25) is 9.78 Å². The number of hydrogen-bond acceptors (Lipinski definition) is 6. The number of nitrogens with zero attached hydrogens (tertiary/aromatic N) is 3. The molecule has 138 valence electrons. The van der Waals surface area contributed by atoms with Gasteiger partial charge >= 0.3 is 0 Å². The molecule has 27 heavy (non-hydrogen) atoms. The van der Waals surface area contributed by atoms with E-state index in [4.69, 9.17) is 4.74 Å². The maximum atomic E-state index is 12.3. The second-order valence-electron chi connectivity index (χ2n) is 6.16. The molecule has 1 aromatic carbocycles. The molecule has 3 aromatic rings. The van der Waals surface area contributed by atoms with Gasteiger partial charge in [-0.1, -0.05) is 6.07 Å². The van der Waals surface area contributed by atoms with Crippen molar-refractivity contribution in [2.45, 2.75) is 26.5 Å². The average molecular weight is 363 g/mol. The van der Waals surface area contributed by atoms with E-state index in [9.17, 15) is 4.79 Å². The van der Waals surface area contributed by atoms with Crippen molar-refractivity contribution in [3.05, 3.63) is 72.3 Å². The van der Waals surface area contributed by atoms with Crippen molar-refractivity contribution in [3.63, 3.8) is 0 Å². The maximum Gasteiger partial charge on any atom is 0.258 e. The van der Waals surface area contributed by atoms with Crippen LogP contribution < -0.4 is 15.4 Å². The number of carbonyl (C=O) groups excluding carboxylic acids is 1. The fourth-order valence-corrected chi connectivity index (χ4v) is 2.31. The molecule has 3 rings (SSSR count). The third-order valence-electron chi connectivity index (χ3n) is 3.57. The summed E-state index contributed by atoms with van der Waals surface area (Å²) in [4.78, 5) is 24.7. The molecule has 2 N–H and O–H groups in total. The average Bonchev–Trinajstić information content (AvgIpc) is 2.69. The molecule has 0 bridgehead atoms. The van der Waals surface area contributed by atoms with Gasteiger partial charge in [0, 0.05) is 37.0 Å². The van der Waals surface area contributed by atoms with Crippen LogP contribution in [0.4, 0.5) is 11.6 Å². The van der Waals surface area contributed by atoms with Gasteiger partial charge in [-0.05, 0) is 49.7 Å². The number of ether oxygens (including phenoxy) is 1. The second kappa shape index (κ2) is 8.75. The molecule has 2 aromatic heterocycles. The smallest absolute Gasteiger partial charge is 0.258 e. The lowest BCUT2D eigenvalue weighted by Gasteiger charge is -2.10. The molecule has 0 aliphatic rings. The minimum atomic E-state index is -0.272. The van der Waals surface area contributed by atoms with Gasteiger partial charge < -0.3 is 15.4 Å². The zero-order valence-corrected chi connectivity index (χ0v) is 15.2. The highest BCUT2D eigenvalue weighted by Crippen LogP contribution is 2.17. The lowest BCUT2D eigenvalue weighted by atomic mass is 10.2. The summed E-state index contributed by atoms with van der Waals surface area (Å²) in [5.74, 6) is 0.937. The van der Waals surface area contributed by atoms with Gasteiger partial charge in [0.25, 0.3) is 5.91 Å². The molecule has 7 heteroatoms. The van der Waals surface area contributed by atoms with Gasteiger partial charge in [0.2, 0.25) is 5.95 Å². The Balaban J connectivity index is 1.55. The number of hydrogen-bond donors (Lipinski definition) is 2. The van der Waals surface area contributed by atoms with E-state index < -0.39 is 0 Å². The first kappa shape index (κ1) is 18.3. The molecule has 0 aliphatic heterocycles. The van der Waals surface area contributed by atoms with Crippen molar-refractivity contribution in [3.8, 4) is 5.75 Å². The number of nitrogens with one attached hydrogen (secondary N) is 2. The molecular formula is C20H21N5O2. The van der Waals surface area contributed by atoms with E-state index in [2.05, 4.69) is 25.6 Å². The second-order valence-corrected chi connectivity index (χ2v) is 6.16. The van der Waals surface area contributed by atoms with Gasteiger partial charge in [0.05, 0.1) is 11.7 Å². The Bertz CT molecular complexity index is 865. The highest BCUT2D eigenvalue weighted by Gasteiger charge is 2.08. The van der Waals surface area contributed by atoms with Crippen molar-refractivity contribution in [2.24, 2.45) is 0 Å². The van der Waals surface area contributed by atoms with Crippen LogP contribution in [0.25, 0.3) is 0 Å². The van der Waals surface area contributed by atoms with Crippen LogP contribution in [0.1, 0.15) is 29.8 Å². The molecule has 0 spiro atoms. The summed E-state index contributed by atoms with van der Waals surface area (Å²) in [5.41, 5.74) is 2.08. The van der Waals surface area contributed by atoms with Crippen molar-refractivity contribution in [1.82, 2.24) is 15.0 Å². The molecule has 2 heterocycles. The SMILES string of the molecule is CC(C)Oc1ccc(NC(=O)c2cnc(NCc3cccnc3)nc2)cc1. The first-order valence-corrected chi connectivity index (χ1v) is 8.63. The van der Waals surface area contributed by atoms with Crippen molar-refractivity contribution >= 4 is 17.5 Å². The van der Waals surface area contributed by atoms with E-state index in [0.29, 0.717) is 23.7 Å². The number of amides is 1. The molecule has 1 amide bonds. The van der Waals surface area contributed by atoms with E-state index in [1.807, 2.05) is 38.1 Å². The first-order chi connectivity index (χ1) is 13.1. The molecule has 7 nitrogen and oxygen atoms in total. The lowest BCUT2D eigenvalue weighted by Crippen LogP contribution is -2.13.